The Kier molecular flexibility index (Phi) is 6.28. The molecule has 2 heterocycles. The Morgan fingerprint density at radius 2 is 2.12 bits per heavy atom. The van der Waals surface area contributed by atoms with E-state index in [0.717, 1.165) is 19.3 Å². The molecule has 0 saturated carbocycles. The minimum absolute atomic E-state index is 0.152. The van der Waals surface area contributed by atoms with Crippen LogP contribution in [0.4, 0.5) is 10.6 Å². The lowest BCUT2D eigenvalue weighted by atomic mass is 9.96. The molecule has 0 unspecified atom stereocenters. The number of ether oxygens (including phenoxy) is 1. The Morgan fingerprint density at radius 3 is 2.88 bits per heavy atom. The lowest BCUT2D eigenvalue weighted by molar-refractivity contribution is -0.00717. The quantitative estimate of drug-likeness (QED) is 0.830. The van der Waals surface area contributed by atoms with E-state index in [-0.39, 0.29) is 18.2 Å². The Labute approximate surface area is 154 Å². The highest BCUT2D eigenvalue weighted by Gasteiger charge is 2.24. The van der Waals surface area contributed by atoms with Crippen molar-refractivity contribution in [3.05, 3.63) is 48.2 Å². The first kappa shape index (κ1) is 18.5. The van der Waals surface area contributed by atoms with Gasteiger partial charge in [-0.15, -0.1) is 0 Å². The fourth-order valence-electron chi connectivity index (χ4n) is 3.33. The van der Waals surface area contributed by atoms with E-state index in [0.29, 0.717) is 24.9 Å². The van der Waals surface area contributed by atoms with E-state index in [9.17, 15) is 4.79 Å². The van der Waals surface area contributed by atoms with Crippen molar-refractivity contribution < 1.29 is 9.53 Å². The Bertz CT molecular complexity index is 699. The zero-order valence-corrected chi connectivity index (χ0v) is 15.5. The highest BCUT2D eigenvalue weighted by Crippen LogP contribution is 2.20. The maximum atomic E-state index is 12.3. The number of benzene rings is 1. The van der Waals surface area contributed by atoms with Crippen LogP contribution in [0.15, 0.2) is 42.6 Å². The van der Waals surface area contributed by atoms with Gasteiger partial charge >= 0.3 is 6.03 Å². The van der Waals surface area contributed by atoms with Crippen LogP contribution in [-0.4, -0.2) is 34.6 Å². The van der Waals surface area contributed by atoms with E-state index in [1.165, 1.54) is 5.56 Å². The fourth-order valence-corrected chi connectivity index (χ4v) is 3.33. The highest BCUT2D eigenvalue weighted by atomic mass is 16.5. The Morgan fingerprint density at radius 1 is 1.31 bits per heavy atom. The van der Waals surface area contributed by atoms with Gasteiger partial charge in [0.05, 0.1) is 12.6 Å². The topological polar surface area (TPSA) is 68.2 Å². The number of hydrogen-bond acceptors (Lipinski definition) is 3. The molecule has 6 nitrogen and oxygen atoms in total. The molecular formula is C20H28N4O2. The third kappa shape index (κ3) is 5.59. The highest BCUT2D eigenvalue weighted by molar-refractivity contribution is 5.88. The van der Waals surface area contributed by atoms with Crippen LogP contribution in [0, 0.1) is 5.92 Å². The molecule has 0 aliphatic carbocycles. The van der Waals surface area contributed by atoms with Crippen LogP contribution in [0.1, 0.15) is 38.7 Å². The van der Waals surface area contributed by atoms with Gasteiger partial charge < -0.3 is 10.1 Å². The van der Waals surface area contributed by atoms with Crippen LogP contribution in [0.2, 0.25) is 0 Å². The van der Waals surface area contributed by atoms with Crippen molar-refractivity contribution in [3.63, 3.8) is 0 Å². The lowest BCUT2D eigenvalue weighted by Crippen LogP contribution is -2.44. The van der Waals surface area contributed by atoms with E-state index in [1.54, 1.807) is 0 Å². The van der Waals surface area contributed by atoms with Gasteiger partial charge in [0.25, 0.3) is 0 Å². The van der Waals surface area contributed by atoms with Crippen LogP contribution in [-0.2, 0) is 11.3 Å². The van der Waals surface area contributed by atoms with Crippen molar-refractivity contribution in [2.24, 2.45) is 5.92 Å². The molecule has 2 atom stereocenters. The summed E-state index contributed by atoms with van der Waals surface area (Å²) in [4.78, 5) is 12.3. The van der Waals surface area contributed by atoms with Gasteiger partial charge in [0.15, 0.2) is 5.82 Å². The number of hydrogen-bond donors (Lipinski definition) is 2. The van der Waals surface area contributed by atoms with E-state index in [1.807, 2.05) is 35.1 Å². The average Bonchev–Trinajstić information content (AvgIpc) is 3.02. The average molecular weight is 356 g/mol. The number of nitrogens with zero attached hydrogens (tertiary/aromatic N) is 2. The normalized spacial score (nSPS) is 20.1. The summed E-state index contributed by atoms with van der Waals surface area (Å²) in [6, 6.07) is 11.9. The lowest BCUT2D eigenvalue weighted by Gasteiger charge is -2.31. The Balaban J connectivity index is 1.47. The molecule has 1 fully saturated rings. The van der Waals surface area contributed by atoms with Crippen molar-refractivity contribution in [1.82, 2.24) is 15.1 Å². The molecule has 26 heavy (non-hydrogen) atoms. The minimum Gasteiger partial charge on any atom is -0.378 e. The molecular weight excluding hydrogens is 328 g/mol. The first-order valence-electron chi connectivity index (χ1n) is 9.35. The van der Waals surface area contributed by atoms with Crippen molar-refractivity contribution in [2.75, 3.05) is 11.9 Å². The summed E-state index contributed by atoms with van der Waals surface area (Å²) < 4.78 is 7.61. The first-order valence-corrected chi connectivity index (χ1v) is 9.35. The van der Waals surface area contributed by atoms with Gasteiger partial charge in [0, 0.05) is 24.9 Å². The minimum atomic E-state index is -0.204. The molecule has 1 saturated heterocycles. The number of carbonyl (C=O) groups is 1. The molecule has 1 aromatic heterocycles. The summed E-state index contributed by atoms with van der Waals surface area (Å²) in [6.07, 6.45) is 4.86. The van der Waals surface area contributed by atoms with E-state index < -0.39 is 0 Å². The number of carbonyl (C=O) groups excluding carboxylic acids is 1. The second kappa shape index (κ2) is 8.85. The largest absolute Gasteiger partial charge is 0.378 e. The van der Waals surface area contributed by atoms with Crippen molar-refractivity contribution >= 4 is 11.8 Å². The van der Waals surface area contributed by atoms with Gasteiger partial charge in [-0.05, 0) is 30.7 Å². The molecule has 1 aromatic carbocycles. The summed E-state index contributed by atoms with van der Waals surface area (Å²) in [6.45, 7) is 5.77. The van der Waals surface area contributed by atoms with Gasteiger partial charge in [-0.25, -0.2) is 4.79 Å². The molecule has 140 valence electrons. The maximum absolute atomic E-state index is 12.3. The predicted molar refractivity (Wildman–Crippen MR) is 102 cm³/mol. The SMILES string of the molecule is CC(C)C[C@H]1C[C@@H](NC(=O)Nc2ccn(Cc3ccccc3)n2)CCO1. The maximum Gasteiger partial charge on any atom is 0.320 e. The zero-order chi connectivity index (χ0) is 18.4. The van der Waals surface area contributed by atoms with Gasteiger partial charge in [0.1, 0.15) is 0 Å². The van der Waals surface area contributed by atoms with Crippen LogP contribution in [0.5, 0.6) is 0 Å². The van der Waals surface area contributed by atoms with Gasteiger partial charge in [0.2, 0.25) is 0 Å². The summed E-state index contributed by atoms with van der Waals surface area (Å²) in [5.74, 6) is 1.16. The first-order chi connectivity index (χ1) is 12.6. The van der Waals surface area contributed by atoms with E-state index >= 15 is 0 Å². The van der Waals surface area contributed by atoms with Gasteiger partial charge in [-0.3, -0.25) is 10.00 Å². The van der Waals surface area contributed by atoms with Gasteiger partial charge in [-0.2, -0.15) is 5.10 Å². The third-order valence-corrected chi connectivity index (χ3v) is 4.51. The molecule has 0 radical (unpaired) electrons. The van der Waals surface area contributed by atoms with Crippen molar-refractivity contribution in [2.45, 2.75) is 51.8 Å². The molecule has 6 heteroatoms. The molecule has 1 aliphatic rings. The molecule has 3 rings (SSSR count). The summed E-state index contributed by atoms with van der Waals surface area (Å²) in [5, 5.41) is 10.3. The molecule has 2 N–H and O–H groups in total. The second-order valence-corrected chi connectivity index (χ2v) is 7.33. The van der Waals surface area contributed by atoms with Crippen LogP contribution in [0.25, 0.3) is 0 Å². The number of amides is 2. The van der Waals surface area contributed by atoms with E-state index in [4.69, 9.17) is 4.74 Å². The third-order valence-electron chi connectivity index (χ3n) is 4.51. The number of rotatable bonds is 6. The van der Waals surface area contributed by atoms with Crippen molar-refractivity contribution in [1.29, 1.82) is 0 Å². The Hall–Kier alpha value is -2.34. The fraction of sp³-hybridized carbons (Fsp3) is 0.500. The smallest absolute Gasteiger partial charge is 0.320 e. The van der Waals surface area contributed by atoms with Crippen LogP contribution >= 0.6 is 0 Å². The van der Waals surface area contributed by atoms with Crippen LogP contribution in [0.3, 0.4) is 0 Å². The standard InChI is InChI=1S/C20H28N4O2/c1-15(2)12-18-13-17(9-11-26-18)21-20(25)22-19-8-10-24(23-19)14-16-6-4-3-5-7-16/h3-8,10,15,17-18H,9,11-14H2,1-2H3,(H2,21,22,23,25)/t17-,18-/m0/s1. The monoisotopic (exact) mass is 356 g/mol. The molecule has 0 bridgehead atoms. The van der Waals surface area contributed by atoms with Crippen molar-refractivity contribution in [3.8, 4) is 0 Å². The molecule has 2 aromatic rings. The zero-order valence-electron chi connectivity index (χ0n) is 15.5. The van der Waals surface area contributed by atoms with Gasteiger partial charge in [-0.1, -0.05) is 44.2 Å². The van der Waals surface area contributed by atoms with E-state index in [2.05, 4.69) is 41.7 Å². The number of urea groups is 1. The summed E-state index contributed by atoms with van der Waals surface area (Å²) >= 11 is 0. The summed E-state index contributed by atoms with van der Waals surface area (Å²) in [7, 11) is 0. The predicted octanol–water partition coefficient (Wildman–Crippen LogP) is 3.65. The summed E-state index contributed by atoms with van der Waals surface area (Å²) in [5.41, 5.74) is 1.17. The number of anilines is 1. The second-order valence-electron chi connectivity index (χ2n) is 7.33. The van der Waals surface area contributed by atoms with Crippen LogP contribution < -0.4 is 10.6 Å². The molecule has 0 spiro atoms. The molecule has 1 aliphatic heterocycles. The number of aromatic nitrogens is 2. The molecule has 2 amide bonds. The number of nitrogens with one attached hydrogen (secondary N) is 2.